The summed E-state index contributed by atoms with van der Waals surface area (Å²) >= 11 is 0. The average Bonchev–Trinajstić information content (AvgIpc) is 3.51. The van der Waals surface area contributed by atoms with Crippen molar-refractivity contribution in [3.05, 3.63) is 59.2 Å². The molecule has 0 spiro atoms. The number of hydrogen-bond acceptors (Lipinski definition) is 4. The smallest absolute Gasteiger partial charge is 0.351 e. The summed E-state index contributed by atoms with van der Waals surface area (Å²) in [4.78, 5) is 30.2. The first-order valence-corrected chi connectivity index (χ1v) is 11.6. The number of benzene rings is 1. The summed E-state index contributed by atoms with van der Waals surface area (Å²) in [5.74, 6) is -0.566. The Labute approximate surface area is 201 Å². The lowest BCUT2D eigenvalue weighted by Gasteiger charge is -2.28. The quantitative estimate of drug-likeness (QED) is 0.532. The third-order valence-electron chi connectivity index (χ3n) is 6.62. The summed E-state index contributed by atoms with van der Waals surface area (Å²) < 4.78 is 53.3. The van der Waals surface area contributed by atoms with Crippen molar-refractivity contribution in [1.82, 2.24) is 15.2 Å². The number of alkyl halides is 3. The second kappa shape index (κ2) is 9.93. The zero-order chi connectivity index (χ0) is 25.2. The summed E-state index contributed by atoms with van der Waals surface area (Å²) in [6.07, 6.45) is 1.09. The number of rotatable bonds is 8. The van der Waals surface area contributed by atoms with Crippen molar-refractivity contribution >= 4 is 17.5 Å². The number of nitrogens with one attached hydrogen (secondary N) is 2. The summed E-state index contributed by atoms with van der Waals surface area (Å²) in [6.45, 7) is 2.88. The van der Waals surface area contributed by atoms with Crippen molar-refractivity contribution in [2.24, 2.45) is 11.3 Å². The van der Waals surface area contributed by atoms with Crippen molar-refractivity contribution in [3.63, 3.8) is 0 Å². The molecule has 1 saturated carbocycles. The van der Waals surface area contributed by atoms with Crippen molar-refractivity contribution in [1.29, 1.82) is 0 Å². The molecule has 188 valence electrons. The van der Waals surface area contributed by atoms with Gasteiger partial charge in [-0.25, -0.2) is 4.39 Å². The molecule has 1 aliphatic heterocycles. The van der Waals surface area contributed by atoms with Gasteiger partial charge in [-0.05, 0) is 54.6 Å². The molecule has 1 aromatic carbocycles. The van der Waals surface area contributed by atoms with E-state index in [1.54, 1.807) is 6.07 Å². The Morgan fingerprint density at radius 2 is 1.94 bits per heavy atom. The summed E-state index contributed by atoms with van der Waals surface area (Å²) in [7, 11) is 0. The molecule has 2 fully saturated rings. The highest BCUT2D eigenvalue weighted by molar-refractivity contribution is 5.88. The Morgan fingerprint density at radius 1 is 1.17 bits per heavy atom. The number of likely N-dealkylation sites (tertiary alicyclic amines) is 1. The lowest BCUT2D eigenvalue weighted by Crippen LogP contribution is -2.43. The van der Waals surface area contributed by atoms with Gasteiger partial charge in [-0.3, -0.25) is 19.5 Å². The number of aromatic nitrogens is 1. The second-order valence-corrected chi connectivity index (χ2v) is 9.65. The predicted molar refractivity (Wildman–Crippen MR) is 121 cm³/mol. The highest BCUT2D eigenvalue weighted by Gasteiger charge is 2.47. The van der Waals surface area contributed by atoms with Crippen LogP contribution in [-0.4, -0.2) is 34.8 Å². The van der Waals surface area contributed by atoms with E-state index < -0.39 is 23.0 Å². The van der Waals surface area contributed by atoms with Crippen molar-refractivity contribution in [2.45, 2.75) is 51.9 Å². The van der Waals surface area contributed by atoms with E-state index in [4.69, 9.17) is 0 Å². The van der Waals surface area contributed by atoms with Gasteiger partial charge >= 0.3 is 6.18 Å². The maximum Gasteiger partial charge on any atom is 0.417 e. The molecule has 10 heteroatoms. The van der Waals surface area contributed by atoms with E-state index in [1.165, 1.54) is 25.3 Å². The van der Waals surface area contributed by atoms with Gasteiger partial charge in [0.05, 0.1) is 16.7 Å². The van der Waals surface area contributed by atoms with Crippen molar-refractivity contribution in [3.8, 4) is 0 Å². The molecule has 2 aliphatic rings. The molecular weight excluding hydrogens is 464 g/mol. The van der Waals surface area contributed by atoms with Crippen LogP contribution < -0.4 is 10.6 Å². The molecule has 2 heterocycles. The average molecular weight is 493 g/mol. The summed E-state index contributed by atoms with van der Waals surface area (Å²) in [6, 6.07) is 5.65. The van der Waals surface area contributed by atoms with Crippen LogP contribution in [0.25, 0.3) is 0 Å². The van der Waals surface area contributed by atoms with E-state index in [-0.39, 0.29) is 24.0 Å². The van der Waals surface area contributed by atoms with E-state index in [1.807, 2.05) is 0 Å². The predicted octanol–water partition coefficient (Wildman–Crippen LogP) is 4.51. The molecule has 6 nitrogen and oxygen atoms in total. The van der Waals surface area contributed by atoms with Crippen LogP contribution in [0.2, 0.25) is 0 Å². The largest absolute Gasteiger partial charge is 0.417 e. The van der Waals surface area contributed by atoms with Gasteiger partial charge in [-0.1, -0.05) is 18.9 Å². The van der Waals surface area contributed by atoms with E-state index >= 15 is 0 Å². The van der Waals surface area contributed by atoms with Gasteiger partial charge in [-0.2, -0.15) is 13.2 Å². The molecule has 4 rings (SSSR count). The highest BCUT2D eigenvalue weighted by Crippen LogP contribution is 2.45. The van der Waals surface area contributed by atoms with Gasteiger partial charge in [0.15, 0.2) is 0 Å². The standard InChI is InChI=1S/C25H28F4N4O2/c1-16(34)32-22-5-4-18(9-21(22)26)14-33-7-6-24(15-33,10-17-2-3-17)23(35)31-12-19-8-20(13-30-11-19)25(27,28)29/h4-5,8-9,11,13,17H,2-3,6-7,10,12,14-15H2,1H3,(H,31,35)(H,32,34). The number of carbonyl (C=O) groups excluding carboxylic acids is 2. The minimum atomic E-state index is -4.49. The Bertz CT molecular complexity index is 1100. The number of nitrogens with zero attached hydrogens (tertiary/aromatic N) is 2. The molecule has 1 aliphatic carbocycles. The van der Waals surface area contributed by atoms with Crippen LogP contribution in [0.4, 0.5) is 23.2 Å². The molecule has 1 atom stereocenters. The number of pyridine rings is 1. The third-order valence-corrected chi connectivity index (χ3v) is 6.62. The topological polar surface area (TPSA) is 74.3 Å². The Hall–Kier alpha value is -3.01. The second-order valence-electron chi connectivity index (χ2n) is 9.65. The minimum absolute atomic E-state index is 0.0298. The molecule has 2 aromatic rings. The van der Waals surface area contributed by atoms with E-state index in [2.05, 4.69) is 20.5 Å². The maximum absolute atomic E-state index is 14.3. The van der Waals surface area contributed by atoms with Gasteiger partial charge in [-0.15, -0.1) is 0 Å². The Kier molecular flexibility index (Phi) is 7.12. The SMILES string of the molecule is CC(=O)Nc1ccc(CN2CCC(CC3CC3)(C(=O)NCc3cncc(C(F)(F)F)c3)C2)cc1F. The van der Waals surface area contributed by atoms with E-state index in [9.17, 15) is 27.2 Å². The Morgan fingerprint density at radius 3 is 2.60 bits per heavy atom. The molecule has 1 unspecified atom stereocenters. The van der Waals surface area contributed by atoms with Crippen LogP contribution in [0.1, 0.15) is 49.3 Å². The van der Waals surface area contributed by atoms with Gasteiger partial charge in [0, 0.05) is 39.0 Å². The van der Waals surface area contributed by atoms with Crippen LogP contribution >= 0.6 is 0 Å². The molecule has 1 aromatic heterocycles. The lowest BCUT2D eigenvalue weighted by atomic mass is 9.80. The highest BCUT2D eigenvalue weighted by atomic mass is 19.4. The first kappa shape index (κ1) is 25.1. The molecule has 0 bridgehead atoms. The van der Waals surface area contributed by atoms with Crippen LogP contribution in [0.3, 0.4) is 0 Å². The molecule has 0 radical (unpaired) electrons. The zero-order valence-electron chi connectivity index (χ0n) is 19.4. The first-order valence-electron chi connectivity index (χ1n) is 11.6. The van der Waals surface area contributed by atoms with Crippen LogP contribution in [0.5, 0.6) is 0 Å². The summed E-state index contributed by atoms with van der Waals surface area (Å²) in [5.41, 5.74) is -0.339. The summed E-state index contributed by atoms with van der Waals surface area (Å²) in [5, 5.41) is 5.28. The Balaban J connectivity index is 1.41. The normalized spacial score (nSPS) is 20.6. The number of anilines is 1. The molecule has 35 heavy (non-hydrogen) atoms. The number of hydrogen-bond donors (Lipinski definition) is 2. The molecule has 1 saturated heterocycles. The van der Waals surface area contributed by atoms with Crippen LogP contribution in [-0.2, 0) is 28.9 Å². The third kappa shape index (κ3) is 6.36. The van der Waals surface area contributed by atoms with Gasteiger partial charge in [0.1, 0.15) is 5.82 Å². The van der Waals surface area contributed by atoms with E-state index in [0.717, 1.165) is 37.1 Å². The maximum atomic E-state index is 14.3. The fraction of sp³-hybridized carbons (Fsp3) is 0.480. The number of amides is 2. The first-order chi connectivity index (χ1) is 16.5. The number of carbonyl (C=O) groups is 2. The van der Waals surface area contributed by atoms with Crippen LogP contribution in [0, 0.1) is 17.2 Å². The fourth-order valence-corrected chi connectivity index (χ4v) is 4.73. The van der Waals surface area contributed by atoms with Gasteiger partial charge < -0.3 is 10.6 Å². The minimum Gasteiger partial charge on any atom is -0.351 e. The van der Waals surface area contributed by atoms with Crippen molar-refractivity contribution < 1.29 is 27.2 Å². The fourth-order valence-electron chi connectivity index (χ4n) is 4.73. The van der Waals surface area contributed by atoms with Crippen molar-refractivity contribution in [2.75, 3.05) is 18.4 Å². The monoisotopic (exact) mass is 492 g/mol. The molecule has 2 amide bonds. The van der Waals surface area contributed by atoms with Gasteiger partial charge in [0.25, 0.3) is 0 Å². The molecule has 2 N–H and O–H groups in total. The zero-order valence-corrected chi connectivity index (χ0v) is 19.4. The van der Waals surface area contributed by atoms with Gasteiger partial charge in [0.2, 0.25) is 11.8 Å². The number of halogens is 4. The van der Waals surface area contributed by atoms with Crippen LogP contribution in [0.15, 0.2) is 36.7 Å². The molecular formula is C25H28F4N4O2. The lowest BCUT2D eigenvalue weighted by molar-refractivity contribution is -0.137. The van der Waals surface area contributed by atoms with E-state index in [0.29, 0.717) is 37.5 Å².